The number of carbonyl (C=O) groups is 2. The minimum atomic E-state index is -0.307. The van der Waals surface area contributed by atoms with Gasteiger partial charge in [-0.25, -0.2) is 0 Å². The molecule has 2 aromatic carbocycles. The number of benzene rings is 2. The molecule has 1 N–H and O–H groups in total. The van der Waals surface area contributed by atoms with Crippen LogP contribution in [0.3, 0.4) is 0 Å². The first-order chi connectivity index (χ1) is 9.29. The number of rotatable bonds is 5. The van der Waals surface area contributed by atoms with E-state index < -0.39 is 0 Å². The predicted molar refractivity (Wildman–Crippen MR) is 72.4 cm³/mol. The molecule has 0 aliphatic heterocycles. The Balaban J connectivity index is 1.93. The Kier molecular flexibility index (Phi) is 4.29. The summed E-state index contributed by atoms with van der Waals surface area (Å²) in [5, 5.41) is 2.64. The molecule has 19 heavy (non-hydrogen) atoms. The average Bonchev–Trinajstić information content (AvgIpc) is 2.47. The fourth-order valence-electron chi connectivity index (χ4n) is 1.57. The number of hydrogen-bond donors (Lipinski definition) is 1. The van der Waals surface area contributed by atoms with Crippen molar-refractivity contribution in [2.45, 2.75) is 0 Å². The van der Waals surface area contributed by atoms with Gasteiger partial charge in [0.2, 0.25) is 0 Å². The molecule has 4 heteroatoms. The van der Waals surface area contributed by atoms with Crippen molar-refractivity contribution in [2.75, 3.05) is 11.9 Å². The molecule has 0 aliphatic rings. The van der Waals surface area contributed by atoms with Gasteiger partial charge in [-0.1, -0.05) is 30.3 Å². The second-order valence-electron chi connectivity index (χ2n) is 3.86. The zero-order valence-corrected chi connectivity index (χ0v) is 10.2. The van der Waals surface area contributed by atoms with E-state index in [1.807, 2.05) is 18.2 Å². The normalized spacial score (nSPS) is 9.68. The zero-order valence-electron chi connectivity index (χ0n) is 10.2. The van der Waals surface area contributed by atoms with Gasteiger partial charge >= 0.3 is 0 Å². The van der Waals surface area contributed by atoms with Crippen LogP contribution in [-0.4, -0.2) is 18.8 Å². The second kappa shape index (κ2) is 6.35. The van der Waals surface area contributed by atoms with Gasteiger partial charge in [-0.2, -0.15) is 0 Å². The van der Waals surface area contributed by atoms with Gasteiger partial charge in [0, 0.05) is 5.56 Å². The number of amides is 1. The quantitative estimate of drug-likeness (QED) is 0.835. The van der Waals surface area contributed by atoms with Crippen molar-refractivity contribution in [1.29, 1.82) is 0 Å². The summed E-state index contributed by atoms with van der Waals surface area (Å²) in [7, 11) is 0. The van der Waals surface area contributed by atoms with Gasteiger partial charge < -0.3 is 10.1 Å². The topological polar surface area (TPSA) is 55.4 Å². The molecule has 0 saturated heterocycles. The molecule has 4 nitrogen and oxygen atoms in total. The first-order valence-electron chi connectivity index (χ1n) is 5.81. The van der Waals surface area contributed by atoms with E-state index in [1.54, 1.807) is 36.4 Å². The molecule has 0 saturated carbocycles. The molecule has 0 radical (unpaired) electrons. The van der Waals surface area contributed by atoms with E-state index in [0.29, 0.717) is 23.3 Å². The summed E-state index contributed by atoms with van der Waals surface area (Å²) in [6, 6.07) is 15.9. The Labute approximate surface area is 111 Å². The number of anilines is 1. The lowest BCUT2D eigenvalue weighted by Crippen LogP contribution is -2.20. The summed E-state index contributed by atoms with van der Waals surface area (Å²) in [5.74, 6) is 0.319. The Hall–Kier alpha value is -2.62. The Morgan fingerprint density at radius 3 is 2.47 bits per heavy atom. The number of carbonyl (C=O) groups excluding carboxylic acids is 2. The van der Waals surface area contributed by atoms with E-state index >= 15 is 0 Å². The molecule has 96 valence electrons. The summed E-state index contributed by atoms with van der Waals surface area (Å²) in [6.07, 6.45) is 0.702. The van der Waals surface area contributed by atoms with Gasteiger partial charge in [-0.15, -0.1) is 0 Å². The van der Waals surface area contributed by atoms with Crippen LogP contribution in [0.2, 0.25) is 0 Å². The van der Waals surface area contributed by atoms with Gasteiger partial charge in [-0.05, 0) is 24.3 Å². The van der Waals surface area contributed by atoms with Crippen LogP contribution >= 0.6 is 0 Å². The summed E-state index contributed by atoms with van der Waals surface area (Å²) in [5.41, 5.74) is 0.926. The Bertz CT molecular complexity index is 567. The summed E-state index contributed by atoms with van der Waals surface area (Å²) >= 11 is 0. The third-order valence-corrected chi connectivity index (χ3v) is 2.47. The molecular formula is C15H13NO3. The maximum atomic E-state index is 11.7. The highest BCUT2D eigenvalue weighted by atomic mass is 16.5. The smallest absolute Gasteiger partial charge is 0.262 e. The van der Waals surface area contributed by atoms with Crippen molar-refractivity contribution in [3.63, 3.8) is 0 Å². The predicted octanol–water partition coefficient (Wildman–Crippen LogP) is 2.52. The molecule has 0 spiro atoms. The highest BCUT2D eigenvalue weighted by molar-refractivity contribution is 5.97. The van der Waals surface area contributed by atoms with E-state index in [0.717, 1.165) is 0 Å². The monoisotopic (exact) mass is 255 g/mol. The molecular weight excluding hydrogens is 242 g/mol. The van der Waals surface area contributed by atoms with E-state index in [4.69, 9.17) is 4.74 Å². The SMILES string of the molecule is O=Cc1ccccc1NC(=O)COc1ccccc1. The zero-order chi connectivity index (χ0) is 13.5. The van der Waals surface area contributed by atoms with Crippen molar-refractivity contribution in [2.24, 2.45) is 0 Å². The lowest BCUT2D eigenvalue weighted by atomic mass is 10.2. The number of nitrogens with one attached hydrogen (secondary N) is 1. The third-order valence-electron chi connectivity index (χ3n) is 2.47. The van der Waals surface area contributed by atoms with Crippen LogP contribution in [0.25, 0.3) is 0 Å². The first kappa shape index (κ1) is 12.8. The van der Waals surface area contributed by atoms with Crippen molar-refractivity contribution in [3.05, 3.63) is 60.2 Å². The van der Waals surface area contributed by atoms with E-state index in [9.17, 15) is 9.59 Å². The van der Waals surface area contributed by atoms with Crippen molar-refractivity contribution in [1.82, 2.24) is 0 Å². The van der Waals surface area contributed by atoms with Gasteiger partial charge in [-0.3, -0.25) is 9.59 Å². The standard InChI is InChI=1S/C15H13NO3/c17-10-12-6-4-5-9-14(12)16-15(18)11-19-13-7-2-1-3-8-13/h1-10H,11H2,(H,16,18). The van der Waals surface area contributed by atoms with Crippen LogP contribution < -0.4 is 10.1 Å². The Morgan fingerprint density at radius 1 is 1.05 bits per heavy atom. The van der Waals surface area contributed by atoms with Crippen LogP contribution in [0.4, 0.5) is 5.69 Å². The second-order valence-corrected chi connectivity index (χ2v) is 3.86. The molecule has 0 aromatic heterocycles. The van der Waals surface area contributed by atoms with Crippen LogP contribution in [0, 0.1) is 0 Å². The number of aldehydes is 1. The first-order valence-corrected chi connectivity index (χ1v) is 5.81. The molecule has 0 bridgehead atoms. The van der Waals surface area contributed by atoms with Crippen LogP contribution in [0.15, 0.2) is 54.6 Å². The average molecular weight is 255 g/mol. The molecule has 0 atom stereocenters. The number of hydrogen-bond acceptors (Lipinski definition) is 3. The summed E-state index contributed by atoms with van der Waals surface area (Å²) in [6.45, 7) is -0.1000. The Morgan fingerprint density at radius 2 is 1.74 bits per heavy atom. The number of para-hydroxylation sites is 2. The van der Waals surface area contributed by atoms with Crippen molar-refractivity contribution < 1.29 is 14.3 Å². The maximum Gasteiger partial charge on any atom is 0.262 e. The minimum absolute atomic E-state index is 0.1000. The van der Waals surface area contributed by atoms with Crippen LogP contribution in [-0.2, 0) is 4.79 Å². The van der Waals surface area contributed by atoms with Crippen molar-refractivity contribution in [3.8, 4) is 5.75 Å². The summed E-state index contributed by atoms with van der Waals surface area (Å²) < 4.78 is 5.31. The summed E-state index contributed by atoms with van der Waals surface area (Å²) in [4.78, 5) is 22.5. The molecule has 0 unspecified atom stereocenters. The highest BCUT2D eigenvalue weighted by Gasteiger charge is 2.06. The lowest BCUT2D eigenvalue weighted by molar-refractivity contribution is -0.118. The molecule has 0 aliphatic carbocycles. The van der Waals surface area contributed by atoms with E-state index in [2.05, 4.69) is 5.32 Å². The third kappa shape index (κ3) is 3.67. The van der Waals surface area contributed by atoms with Gasteiger partial charge in [0.25, 0.3) is 5.91 Å². The minimum Gasteiger partial charge on any atom is -0.484 e. The molecule has 0 heterocycles. The largest absolute Gasteiger partial charge is 0.484 e. The fourth-order valence-corrected chi connectivity index (χ4v) is 1.57. The van der Waals surface area contributed by atoms with Crippen LogP contribution in [0.5, 0.6) is 5.75 Å². The fraction of sp³-hybridized carbons (Fsp3) is 0.0667. The highest BCUT2D eigenvalue weighted by Crippen LogP contribution is 2.13. The van der Waals surface area contributed by atoms with Crippen molar-refractivity contribution >= 4 is 17.9 Å². The molecule has 2 aromatic rings. The maximum absolute atomic E-state index is 11.7. The van der Waals surface area contributed by atoms with Crippen LogP contribution in [0.1, 0.15) is 10.4 Å². The van der Waals surface area contributed by atoms with E-state index in [1.165, 1.54) is 0 Å². The number of ether oxygens (including phenoxy) is 1. The van der Waals surface area contributed by atoms with E-state index in [-0.39, 0.29) is 12.5 Å². The molecule has 0 fully saturated rings. The van der Waals surface area contributed by atoms with Gasteiger partial charge in [0.15, 0.2) is 12.9 Å². The molecule has 2 rings (SSSR count). The van der Waals surface area contributed by atoms with Gasteiger partial charge in [0.1, 0.15) is 5.75 Å². The van der Waals surface area contributed by atoms with Gasteiger partial charge in [0.05, 0.1) is 5.69 Å². The lowest BCUT2D eigenvalue weighted by Gasteiger charge is -2.08. The molecule has 1 amide bonds.